The monoisotopic (exact) mass is 373 g/mol. The van der Waals surface area contributed by atoms with Gasteiger partial charge in [0.15, 0.2) is 0 Å². The van der Waals surface area contributed by atoms with Gasteiger partial charge < -0.3 is 5.11 Å². The van der Waals surface area contributed by atoms with E-state index in [1.807, 2.05) is 30.3 Å². The molecule has 2 aromatic carbocycles. The molecule has 0 unspecified atom stereocenters. The number of carbonyl (C=O) groups is 1. The molecule has 1 heterocycles. The third-order valence-electron chi connectivity index (χ3n) is 3.58. The van der Waals surface area contributed by atoms with Gasteiger partial charge in [0.2, 0.25) is 0 Å². The van der Waals surface area contributed by atoms with Crippen molar-refractivity contribution < 1.29 is 18.3 Å². The van der Waals surface area contributed by atoms with E-state index < -0.39 is 16.0 Å². The Morgan fingerprint density at radius 1 is 1.00 bits per heavy atom. The molecule has 0 amide bonds. The molecule has 128 valence electrons. The minimum atomic E-state index is -3.82. The van der Waals surface area contributed by atoms with E-state index in [4.69, 9.17) is 0 Å². The Labute approximate surface area is 149 Å². The van der Waals surface area contributed by atoms with Crippen molar-refractivity contribution >= 4 is 33.0 Å². The van der Waals surface area contributed by atoms with Gasteiger partial charge in [-0.15, -0.1) is 11.3 Å². The van der Waals surface area contributed by atoms with Crippen LogP contribution in [0, 0.1) is 6.92 Å². The summed E-state index contributed by atoms with van der Waals surface area (Å²) in [5.74, 6) is -1.20. The Morgan fingerprint density at radius 3 is 2.32 bits per heavy atom. The first-order chi connectivity index (χ1) is 11.9. The molecule has 0 saturated heterocycles. The molecule has 2 N–H and O–H groups in total. The van der Waals surface area contributed by atoms with Crippen LogP contribution in [0.4, 0.5) is 5.69 Å². The Balaban J connectivity index is 2.01. The second-order valence-corrected chi connectivity index (χ2v) is 8.60. The molecule has 1 aromatic heterocycles. The van der Waals surface area contributed by atoms with Crippen LogP contribution in [0.2, 0.25) is 0 Å². The first kappa shape index (κ1) is 17.2. The second-order valence-electron chi connectivity index (χ2n) is 5.40. The van der Waals surface area contributed by atoms with Crippen LogP contribution in [-0.4, -0.2) is 19.5 Å². The Bertz CT molecular complexity index is 1020. The van der Waals surface area contributed by atoms with Crippen LogP contribution in [0.5, 0.6) is 0 Å². The molecular formula is C18H15NO4S2. The topological polar surface area (TPSA) is 83.5 Å². The number of hydrogen-bond acceptors (Lipinski definition) is 4. The van der Waals surface area contributed by atoms with Crippen LogP contribution in [0.3, 0.4) is 0 Å². The molecule has 0 fully saturated rings. The predicted molar refractivity (Wildman–Crippen MR) is 98.7 cm³/mol. The van der Waals surface area contributed by atoms with E-state index in [2.05, 4.69) is 4.72 Å². The molecular weight excluding hydrogens is 358 g/mol. The zero-order valence-corrected chi connectivity index (χ0v) is 14.9. The van der Waals surface area contributed by atoms with Crippen molar-refractivity contribution in [2.24, 2.45) is 0 Å². The van der Waals surface area contributed by atoms with Crippen LogP contribution < -0.4 is 4.72 Å². The van der Waals surface area contributed by atoms with Crippen molar-refractivity contribution in [3.05, 3.63) is 71.1 Å². The van der Waals surface area contributed by atoms with Gasteiger partial charge in [-0.05, 0) is 42.3 Å². The molecule has 0 radical (unpaired) electrons. The van der Waals surface area contributed by atoms with Crippen LogP contribution in [0.15, 0.2) is 64.9 Å². The van der Waals surface area contributed by atoms with Gasteiger partial charge >= 0.3 is 5.97 Å². The summed E-state index contributed by atoms with van der Waals surface area (Å²) in [6.45, 7) is 1.81. The second kappa shape index (κ2) is 6.70. The van der Waals surface area contributed by atoms with Gasteiger partial charge in [0.05, 0.1) is 11.3 Å². The Kier molecular flexibility index (Phi) is 4.61. The number of sulfonamides is 1. The maximum absolute atomic E-state index is 12.5. The summed E-state index contributed by atoms with van der Waals surface area (Å²) < 4.78 is 27.4. The highest BCUT2D eigenvalue weighted by atomic mass is 32.2. The van der Waals surface area contributed by atoms with Gasteiger partial charge in [-0.3, -0.25) is 4.72 Å². The number of hydrogen-bond donors (Lipinski definition) is 2. The molecule has 3 rings (SSSR count). The average molecular weight is 373 g/mol. The lowest BCUT2D eigenvalue weighted by Crippen LogP contribution is -2.14. The molecule has 3 aromatic rings. The minimum absolute atomic E-state index is 0.0400. The molecule has 25 heavy (non-hydrogen) atoms. The Morgan fingerprint density at radius 2 is 1.72 bits per heavy atom. The van der Waals surface area contributed by atoms with Crippen molar-refractivity contribution in [3.8, 4) is 11.1 Å². The van der Waals surface area contributed by atoms with Crippen LogP contribution in [0.25, 0.3) is 11.1 Å². The van der Waals surface area contributed by atoms with E-state index in [1.54, 1.807) is 19.1 Å². The molecule has 5 nitrogen and oxygen atoms in total. The molecule has 0 aliphatic carbocycles. The Hall–Kier alpha value is -2.64. The summed E-state index contributed by atoms with van der Waals surface area (Å²) in [7, 11) is -3.82. The van der Waals surface area contributed by atoms with Crippen molar-refractivity contribution in [2.75, 3.05) is 4.72 Å². The van der Waals surface area contributed by atoms with Gasteiger partial charge in [0, 0.05) is 4.88 Å². The van der Waals surface area contributed by atoms with Crippen molar-refractivity contribution in [1.29, 1.82) is 0 Å². The number of rotatable bonds is 5. The molecule has 0 spiro atoms. The number of aryl methyl sites for hydroxylation is 1. The predicted octanol–water partition coefficient (Wildman–Crippen LogP) is 4.22. The van der Waals surface area contributed by atoms with Crippen molar-refractivity contribution in [1.82, 2.24) is 0 Å². The van der Waals surface area contributed by atoms with E-state index >= 15 is 0 Å². The standard InChI is InChI=1S/C18H15NO4S2/c1-12-7-10-17(24-12)25(22,23)19-16-9-8-14(11-15(16)18(20)21)13-5-3-2-4-6-13/h2-11,19H,1H3,(H,20,21). The molecule has 0 atom stereocenters. The highest BCUT2D eigenvalue weighted by Crippen LogP contribution is 2.28. The number of nitrogens with one attached hydrogen (secondary N) is 1. The number of carboxylic acids is 1. The SMILES string of the molecule is Cc1ccc(S(=O)(=O)Nc2ccc(-c3ccccc3)cc2C(=O)O)s1. The fourth-order valence-electron chi connectivity index (χ4n) is 2.37. The molecule has 7 heteroatoms. The van der Waals surface area contributed by atoms with Crippen molar-refractivity contribution in [2.45, 2.75) is 11.1 Å². The lowest BCUT2D eigenvalue weighted by Gasteiger charge is -2.11. The number of anilines is 1. The number of benzene rings is 2. The van der Waals surface area contributed by atoms with E-state index in [-0.39, 0.29) is 15.5 Å². The van der Waals surface area contributed by atoms with Gasteiger partial charge in [-0.25, -0.2) is 13.2 Å². The summed E-state index contributed by atoms with van der Waals surface area (Å²) >= 11 is 1.13. The third-order valence-corrected chi connectivity index (χ3v) is 6.44. The smallest absolute Gasteiger partial charge is 0.337 e. The van der Waals surface area contributed by atoms with Crippen LogP contribution in [-0.2, 0) is 10.0 Å². The molecule has 0 aliphatic rings. The number of thiophene rings is 1. The van der Waals surface area contributed by atoms with Crippen molar-refractivity contribution in [3.63, 3.8) is 0 Å². The maximum Gasteiger partial charge on any atom is 0.337 e. The summed E-state index contributed by atoms with van der Waals surface area (Å²) in [5.41, 5.74) is 1.50. The zero-order chi connectivity index (χ0) is 18.0. The highest BCUT2D eigenvalue weighted by molar-refractivity contribution is 7.94. The fraction of sp³-hybridized carbons (Fsp3) is 0.0556. The van der Waals surface area contributed by atoms with Gasteiger partial charge in [0.1, 0.15) is 4.21 Å². The molecule has 0 aliphatic heterocycles. The number of carboxylic acid groups (broad SMARTS) is 1. The summed E-state index contributed by atoms with van der Waals surface area (Å²) in [6.07, 6.45) is 0. The largest absolute Gasteiger partial charge is 0.478 e. The van der Waals surface area contributed by atoms with E-state index in [0.717, 1.165) is 21.8 Å². The quantitative estimate of drug-likeness (QED) is 0.701. The van der Waals surface area contributed by atoms with Gasteiger partial charge in [-0.1, -0.05) is 36.4 Å². The maximum atomic E-state index is 12.5. The minimum Gasteiger partial charge on any atom is -0.478 e. The first-order valence-corrected chi connectivity index (χ1v) is 9.69. The van der Waals surface area contributed by atoms with E-state index in [0.29, 0.717) is 5.56 Å². The number of aromatic carboxylic acids is 1. The van der Waals surface area contributed by atoms with Gasteiger partial charge in [-0.2, -0.15) is 0 Å². The zero-order valence-electron chi connectivity index (χ0n) is 13.3. The van der Waals surface area contributed by atoms with E-state index in [9.17, 15) is 18.3 Å². The van der Waals surface area contributed by atoms with Crippen LogP contribution >= 0.6 is 11.3 Å². The lowest BCUT2D eigenvalue weighted by atomic mass is 10.0. The first-order valence-electron chi connectivity index (χ1n) is 7.39. The molecule has 0 saturated carbocycles. The summed E-state index contributed by atoms with van der Waals surface area (Å²) in [6, 6.07) is 17.1. The van der Waals surface area contributed by atoms with Crippen LogP contribution in [0.1, 0.15) is 15.2 Å². The molecule has 0 bridgehead atoms. The summed E-state index contributed by atoms with van der Waals surface area (Å²) in [5, 5.41) is 9.48. The summed E-state index contributed by atoms with van der Waals surface area (Å²) in [4.78, 5) is 12.5. The van der Waals surface area contributed by atoms with E-state index in [1.165, 1.54) is 18.2 Å². The fourth-order valence-corrected chi connectivity index (χ4v) is 4.73. The third kappa shape index (κ3) is 3.72. The highest BCUT2D eigenvalue weighted by Gasteiger charge is 2.20. The lowest BCUT2D eigenvalue weighted by molar-refractivity contribution is 0.0698. The van der Waals surface area contributed by atoms with Gasteiger partial charge in [0.25, 0.3) is 10.0 Å². The normalized spacial score (nSPS) is 11.2. The average Bonchev–Trinajstić information content (AvgIpc) is 3.03.